The Morgan fingerprint density at radius 3 is 2.88 bits per heavy atom. The van der Waals surface area contributed by atoms with Gasteiger partial charge in [-0.25, -0.2) is 4.98 Å². The van der Waals surface area contributed by atoms with Crippen molar-refractivity contribution in [1.82, 2.24) is 9.55 Å². The molecule has 2 aromatic carbocycles. The first kappa shape index (κ1) is 17.3. The normalized spacial score (nSPS) is 10.8. The third-order valence-corrected chi connectivity index (χ3v) is 4.43. The average Bonchev–Trinajstić information content (AvgIpc) is 2.97. The summed E-state index contributed by atoms with van der Waals surface area (Å²) in [5.74, 6) is 0.441. The van der Waals surface area contributed by atoms with Gasteiger partial charge in [-0.15, -0.1) is 11.8 Å². The second-order valence-electron chi connectivity index (χ2n) is 5.44. The van der Waals surface area contributed by atoms with E-state index >= 15 is 0 Å². The molecular weight excluding hydrogens is 336 g/mol. The maximum atomic E-state index is 12.5. The first-order valence-corrected chi connectivity index (χ1v) is 9.17. The van der Waals surface area contributed by atoms with Crippen molar-refractivity contribution >= 4 is 40.3 Å². The number of thioether (sulfide) groups is 1. The van der Waals surface area contributed by atoms with Crippen LogP contribution in [0.25, 0.3) is 11.0 Å². The van der Waals surface area contributed by atoms with Gasteiger partial charge in [0, 0.05) is 17.1 Å². The minimum atomic E-state index is -0.131. The second-order valence-corrected chi connectivity index (χ2v) is 6.32. The Labute approximate surface area is 150 Å². The zero-order valence-corrected chi connectivity index (χ0v) is 14.7. The van der Waals surface area contributed by atoms with Crippen molar-refractivity contribution in [1.29, 1.82) is 0 Å². The lowest BCUT2D eigenvalue weighted by atomic mass is 10.3. The number of amides is 1. The van der Waals surface area contributed by atoms with Crippen LogP contribution in [-0.2, 0) is 11.3 Å². The van der Waals surface area contributed by atoms with Crippen LogP contribution in [0, 0.1) is 0 Å². The van der Waals surface area contributed by atoms with Gasteiger partial charge in [0.15, 0.2) is 0 Å². The number of nitrogens with one attached hydrogen (secondary N) is 2. The van der Waals surface area contributed by atoms with E-state index in [-0.39, 0.29) is 19.1 Å². The number of benzene rings is 2. The van der Waals surface area contributed by atoms with Crippen LogP contribution in [0.1, 0.15) is 0 Å². The molecule has 0 aliphatic carbocycles. The number of nitrogens with zero attached hydrogens (tertiary/aromatic N) is 2. The van der Waals surface area contributed by atoms with Crippen molar-refractivity contribution in [2.45, 2.75) is 11.4 Å². The number of hydrogen-bond acceptors (Lipinski definition) is 5. The van der Waals surface area contributed by atoms with Gasteiger partial charge in [0.05, 0.1) is 17.6 Å². The van der Waals surface area contributed by atoms with E-state index in [0.717, 1.165) is 21.6 Å². The lowest BCUT2D eigenvalue weighted by molar-refractivity contribution is -0.116. The molecule has 1 aromatic heterocycles. The maximum absolute atomic E-state index is 12.5. The van der Waals surface area contributed by atoms with Crippen LogP contribution in [0.2, 0.25) is 0 Å². The van der Waals surface area contributed by atoms with E-state index in [1.54, 1.807) is 11.8 Å². The number of fused-ring (bicyclic) bond motifs is 1. The number of aliphatic hydroxyl groups is 1. The van der Waals surface area contributed by atoms with Crippen molar-refractivity contribution in [3.05, 3.63) is 48.5 Å². The number of aliphatic hydroxyl groups excluding tert-OH is 1. The van der Waals surface area contributed by atoms with Crippen molar-refractivity contribution in [2.75, 3.05) is 30.0 Å². The zero-order chi connectivity index (χ0) is 17.6. The number of anilines is 2. The van der Waals surface area contributed by atoms with Gasteiger partial charge in [-0.1, -0.05) is 18.2 Å². The summed E-state index contributed by atoms with van der Waals surface area (Å²) in [7, 11) is 0. The summed E-state index contributed by atoms with van der Waals surface area (Å²) >= 11 is 1.63. The Morgan fingerprint density at radius 1 is 1.24 bits per heavy atom. The Bertz CT molecular complexity index is 878. The molecule has 0 radical (unpaired) electrons. The molecule has 0 unspecified atom stereocenters. The fraction of sp³-hybridized carbons (Fsp3) is 0.222. The Balaban J connectivity index is 1.82. The lowest BCUT2D eigenvalue weighted by Crippen LogP contribution is -2.21. The van der Waals surface area contributed by atoms with Gasteiger partial charge in [0.25, 0.3) is 0 Å². The van der Waals surface area contributed by atoms with Gasteiger partial charge in [-0.3, -0.25) is 4.79 Å². The predicted octanol–water partition coefficient (Wildman–Crippen LogP) is 2.80. The van der Waals surface area contributed by atoms with Crippen LogP contribution in [0.4, 0.5) is 11.6 Å². The highest BCUT2D eigenvalue weighted by atomic mass is 32.2. The van der Waals surface area contributed by atoms with Crippen LogP contribution < -0.4 is 10.6 Å². The third kappa shape index (κ3) is 4.12. The summed E-state index contributed by atoms with van der Waals surface area (Å²) in [5.41, 5.74) is 2.45. The molecule has 25 heavy (non-hydrogen) atoms. The molecule has 0 spiro atoms. The predicted molar refractivity (Wildman–Crippen MR) is 102 cm³/mol. The van der Waals surface area contributed by atoms with Crippen molar-refractivity contribution in [3.8, 4) is 0 Å². The minimum Gasteiger partial charge on any atom is -0.395 e. The number of carbonyl (C=O) groups excluding carboxylic acids is 1. The molecule has 0 fully saturated rings. The summed E-state index contributed by atoms with van der Waals surface area (Å²) in [6, 6.07) is 15.4. The summed E-state index contributed by atoms with van der Waals surface area (Å²) in [6.07, 6.45) is 2.00. The largest absolute Gasteiger partial charge is 0.395 e. The smallest absolute Gasteiger partial charge is 0.244 e. The third-order valence-electron chi connectivity index (χ3n) is 3.70. The van der Waals surface area contributed by atoms with E-state index in [9.17, 15) is 4.79 Å². The Hall–Kier alpha value is -2.51. The number of rotatable bonds is 7. The molecule has 1 amide bonds. The van der Waals surface area contributed by atoms with Crippen LogP contribution >= 0.6 is 11.8 Å². The Kier molecular flexibility index (Phi) is 5.57. The molecule has 3 aromatic rings. The molecule has 7 heteroatoms. The monoisotopic (exact) mass is 356 g/mol. The molecule has 0 atom stereocenters. The molecule has 0 aliphatic rings. The quantitative estimate of drug-likeness (QED) is 0.567. The molecule has 3 rings (SSSR count). The molecule has 1 heterocycles. The summed E-state index contributed by atoms with van der Waals surface area (Å²) in [4.78, 5) is 18.1. The van der Waals surface area contributed by atoms with E-state index in [1.165, 1.54) is 0 Å². The van der Waals surface area contributed by atoms with Crippen LogP contribution in [-0.4, -0.2) is 40.0 Å². The van der Waals surface area contributed by atoms with Crippen molar-refractivity contribution < 1.29 is 9.90 Å². The van der Waals surface area contributed by atoms with Crippen LogP contribution in [0.5, 0.6) is 0 Å². The van der Waals surface area contributed by atoms with E-state index < -0.39 is 0 Å². The summed E-state index contributed by atoms with van der Waals surface area (Å²) < 4.78 is 1.82. The van der Waals surface area contributed by atoms with Crippen molar-refractivity contribution in [3.63, 3.8) is 0 Å². The second kappa shape index (κ2) is 8.04. The fourth-order valence-corrected chi connectivity index (χ4v) is 3.04. The van der Waals surface area contributed by atoms with Crippen LogP contribution in [0.15, 0.2) is 53.4 Å². The summed E-state index contributed by atoms with van der Waals surface area (Å²) in [5, 5.41) is 15.0. The SMILES string of the molecule is CSc1cccc(NC(=O)Cn2c(NCCO)nc3ccccc32)c1. The van der Waals surface area contributed by atoms with E-state index in [2.05, 4.69) is 15.6 Å². The van der Waals surface area contributed by atoms with E-state index in [4.69, 9.17) is 5.11 Å². The standard InChI is InChI=1S/C18H20N4O2S/c1-25-14-6-4-5-13(11-14)20-17(24)12-22-16-8-3-2-7-15(16)21-18(22)19-9-10-23/h2-8,11,23H,9-10,12H2,1H3,(H,19,21)(H,20,24). The minimum absolute atomic E-state index is 0.00310. The highest BCUT2D eigenvalue weighted by Gasteiger charge is 2.13. The first-order valence-electron chi connectivity index (χ1n) is 7.95. The number of aromatic nitrogens is 2. The molecule has 6 nitrogen and oxygen atoms in total. The number of imidazole rings is 1. The molecular formula is C18H20N4O2S. The number of carbonyl (C=O) groups is 1. The number of para-hydroxylation sites is 2. The molecule has 0 saturated carbocycles. The van der Waals surface area contributed by atoms with Gasteiger partial charge in [0.2, 0.25) is 11.9 Å². The lowest BCUT2D eigenvalue weighted by Gasteiger charge is -2.11. The summed E-state index contributed by atoms with van der Waals surface area (Å²) in [6.45, 7) is 0.509. The average molecular weight is 356 g/mol. The zero-order valence-electron chi connectivity index (χ0n) is 13.9. The van der Waals surface area contributed by atoms with E-state index in [1.807, 2.05) is 59.4 Å². The maximum Gasteiger partial charge on any atom is 0.244 e. The Morgan fingerprint density at radius 2 is 2.08 bits per heavy atom. The van der Waals surface area contributed by atoms with Gasteiger partial charge >= 0.3 is 0 Å². The van der Waals surface area contributed by atoms with Crippen molar-refractivity contribution in [2.24, 2.45) is 0 Å². The van der Waals surface area contributed by atoms with Crippen LogP contribution in [0.3, 0.4) is 0 Å². The molecule has 130 valence electrons. The topological polar surface area (TPSA) is 79.2 Å². The van der Waals surface area contributed by atoms with E-state index in [0.29, 0.717) is 12.5 Å². The molecule has 0 saturated heterocycles. The highest BCUT2D eigenvalue weighted by Crippen LogP contribution is 2.21. The van der Waals surface area contributed by atoms with Gasteiger partial charge in [0.1, 0.15) is 6.54 Å². The highest BCUT2D eigenvalue weighted by molar-refractivity contribution is 7.98. The first-order chi connectivity index (χ1) is 12.2. The number of hydrogen-bond donors (Lipinski definition) is 3. The fourth-order valence-electron chi connectivity index (χ4n) is 2.58. The van der Waals surface area contributed by atoms with Gasteiger partial charge < -0.3 is 20.3 Å². The van der Waals surface area contributed by atoms with Gasteiger partial charge in [-0.2, -0.15) is 0 Å². The molecule has 0 bridgehead atoms. The van der Waals surface area contributed by atoms with Gasteiger partial charge in [-0.05, 0) is 36.6 Å². The molecule has 3 N–H and O–H groups in total. The molecule has 0 aliphatic heterocycles.